The largest absolute Gasteiger partial charge is 0.493 e. The highest BCUT2D eigenvalue weighted by molar-refractivity contribution is 5.79. The fraction of sp³-hybridized carbons (Fsp3) is 0.556. The van der Waals surface area contributed by atoms with Crippen molar-refractivity contribution in [3.63, 3.8) is 0 Å². The lowest BCUT2D eigenvalue weighted by atomic mass is 10.3. The molecule has 0 aliphatic carbocycles. The van der Waals surface area contributed by atoms with Crippen molar-refractivity contribution in [1.29, 1.82) is 0 Å². The van der Waals surface area contributed by atoms with Crippen LogP contribution in [0.5, 0.6) is 5.75 Å². The molecule has 0 aliphatic heterocycles. The standard InChI is InChI=1S/C9H16N4O2/c1-3-11-8(9(10)14)6-13-5-7(15-2)4-12-13/h4-5,8,11H,3,6H2,1-2H3,(H2,10,14). The molecule has 0 spiro atoms. The molecule has 0 aromatic carbocycles. The van der Waals surface area contributed by atoms with Gasteiger partial charge in [0.05, 0.1) is 26.0 Å². The number of amides is 1. The Bertz CT molecular complexity index is 324. The highest BCUT2D eigenvalue weighted by atomic mass is 16.5. The van der Waals surface area contributed by atoms with E-state index in [0.717, 1.165) is 0 Å². The van der Waals surface area contributed by atoms with Crippen molar-refractivity contribution < 1.29 is 9.53 Å². The molecule has 1 amide bonds. The Morgan fingerprint density at radius 2 is 2.53 bits per heavy atom. The molecule has 6 nitrogen and oxygen atoms in total. The fourth-order valence-corrected chi connectivity index (χ4v) is 1.24. The number of carbonyl (C=O) groups is 1. The highest BCUT2D eigenvalue weighted by Crippen LogP contribution is 2.06. The number of hydrogen-bond donors (Lipinski definition) is 2. The number of hydrogen-bond acceptors (Lipinski definition) is 4. The SMILES string of the molecule is CCNC(Cn1cc(OC)cn1)C(N)=O. The van der Waals surface area contributed by atoms with Gasteiger partial charge in [-0.25, -0.2) is 0 Å². The van der Waals surface area contributed by atoms with E-state index in [2.05, 4.69) is 10.4 Å². The number of likely N-dealkylation sites (N-methyl/N-ethyl adjacent to an activating group) is 1. The van der Waals surface area contributed by atoms with Gasteiger partial charge in [0.2, 0.25) is 5.91 Å². The molecule has 1 atom stereocenters. The van der Waals surface area contributed by atoms with Gasteiger partial charge in [-0.2, -0.15) is 5.10 Å². The number of primary amides is 1. The summed E-state index contributed by atoms with van der Waals surface area (Å²) in [5.41, 5.74) is 5.24. The second-order valence-electron chi connectivity index (χ2n) is 3.11. The predicted octanol–water partition coefficient (Wildman–Crippen LogP) is -0.645. The predicted molar refractivity (Wildman–Crippen MR) is 55.4 cm³/mol. The average Bonchev–Trinajstić information content (AvgIpc) is 2.65. The summed E-state index contributed by atoms with van der Waals surface area (Å²) in [6, 6.07) is -0.403. The van der Waals surface area contributed by atoms with Crippen molar-refractivity contribution in [2.75, 3.05) is 13.7 Å². The monoisotopic (exact) mass is 212 g/mol. The first kappa shape index (κ1) is 11.5. The molecular weight excluding hydrogens is 196 g/mol. The lowest BCUT2D eigenvalue weighted by Crippen LogP contribution is -2.44. The average molecular weight is 212 g/mol. The zero-order chi connectivity index (χ0) is 11.3. The van der Waals surface area contributed by atoms with Gasteiger partial charge in [0.15, 0.2) is 5.75 Å². The van der Waals surface area contributed by atoms with Crippen LogP contribution in [0.4, 0.5) is 0 Å². The van der Waals surface area contributed by atoms with E-state index in [-0.39, 0.29) is 5.91 Å². The Hall–Kier alpha value is -1.56. The molecule has 15 heavy (non-hydrogen) atoms. The van der Waals surface area contributed by atoms with Crippen molar-refractivity contribution >= 4 is 5.91 Å². The third-order valence-electron chi connectivity index (χ3n) is 2.01. The van der Waals surface area contributed by atoms with Gasteiger partial charge in [-0.15, -0.1) is 0 Å². The zero-order valence-corrected chi connectivity index (χ0v) is 8.93. The van der Waals surface area contributed by atoms with Crippen molar-refractivity contribution in [2.45, 2.75) is 19.5 Å². The van der Waals surface area contributed by atoms with Gasteiger partial charge < -0.3 is 15.8 Å². The topological polar surface area (TPSA) is 82.2 Å². The number of nitrogens with two attached hydrogens (primary N) is 1. The summed E-state index contributed by atoms with van der Waals surface area (Å²) < 4.78 is 6.60. The van der Waals surface area contributed by atoms with Gasteiger partial charge in [-0.1, -0.05) is 6.92 Å². The molecule has 1 unspecified atom stereocenters. The highest BCUT2D eigenvalue weighted by Gasteiger charge is 2.14. The molecular formula is C9H16N4O2. The van der Waals surface area contributed by atoms with E-state index in [9.17, 15) is 4.79 Å². The van der Waals surface area contributed by atoms with Crippen LogP contribution in [0.1, 0.15) is 6.92 Å². The first-order valence-electron chi connectivity index (χ1n) is 4.76. The van der Waals surface area contributed by atoms with E-state index in [1.807, 2.05) is 6.92 Å². The molecule has 3 N–H and O–H groups in total. The van der Waals surface area contributed by atoms with Gasteiger partial charge >= 0.3 is 0 Å². The van der Waals surface area contributed by atoms with E-state index in [4.69, 9.17) is 10.5 Å². The lowest BCUT2D eigenvalue weighted by Gasteiger charge is -2.13. The Kier molecular flexibility index (Phi) is 4.11. The number of rotatable bonds is 6. The van der Waals surface area contributed by atoms with Crippen LogP contribution in [0.2, 0.25) is 0 Å². The minimum absolute atomic E-state index is 0.383. The van der Waals surface area contributed by atoms with Gasteiger partial charge in [0.25, 0.3) is 0 Å². The fourth-order valence-electron chi connectivity index (χ4n) is 1.24. The molecule has 0 saturated carbocycles. The number of nitrogens with zero attached hydrogens (tertiary/aromatic N) is 2. The molecule has 1 aromatic rings. The first-order valence-corrected chi connectivity index (χ1v) is 4.76. The van der Waals surface area contributed by atoms with Crippen LogP contribution in [0.3, 0.4) is 0 Å². The summed E-state index contributed by atoms with van der Waals surface area (Å²) in [6.07, 6.45) is 3.30. The van der Waals surface area contributed by atoms with Crippen molar-refractivity contribution in [3.8, 4) is 5.75 Å². The molecule has 0 saturated heterocycles. The van der Waals surface area contributed by atoms with Crippen molar-refractivity contribution in [3.05, 3.63) is 12.4 Å². The third kappa shape index (κ3) is 3.25. The molecule has 84 valence electrons. The minimum atomic E-state index is -0.403. The summed E-state index contributed by atoms with van der Waals surface area (Å²) in [5.74, 6) is 0.279. The number of methoxy groups -OCH3 is 1. The maximum atomic E-state index is 11.1. The summed E-state index contributed by atoms with van der Waals surface area (Å²) in [6.45, 7) is 3.01. The molecule has 0 aliphatic rings. The number of aromatic nitrogens is 2. The summed E-state index contributed by atoms with van der Waals surface area (Å²) in [7, 11) is 1.57. The number of nitrogens with one attached hydrogen (secondary N) is 1. The van der Waals surface area contributed by atoms with Gasteiger partial charge in [0.1, 0.15) is 6.04 Å². The first-order chi connectivity index (χ1) is 7.17. The van der Waals surface area contributed by atoms with E-state index < -0.39 is 6.04 Å². The van der Waals surface area contributed by atoms with E-state index in [1.165, 1.54) is 0 Å². The van der Waals surface area contributed by atoms with Crippen LogP contribution in [-0.4, -0.2) is 35.4 Å². The van der Waals surface area contributed by atoms with E-state index >= 15 is 0 Å². The Labute approximate surface area is 88.4 Å². The Morgan fingerprint density at radius 1 is 1.80 bits per heavy atom. The summed E-state index contributed by atoms with van der Waals surface area (Å²) in [5, 5.41) is 7.02. The number of carbonyl (C=O) groups excluding carboxylic acids is 1. The van der Waals surface area contributed by atoms with E-state index in [1.54, 1.807) is 24.2 Å². The van der Waals surface area contributed by atoms with Gasteiger partial charge in [-0.05, 0) is 6.54 Å². The van der Waals surface area contributed by atoms with Crippen LogP contribution < -0.4 is 15.8 Å². The Morgan fingerprint density at radius 3 is 3.00 bits per heavy atom. The van der Waals surface area contributed by atoms with Crippen LogP contribution in [-0.2, 0) is 11.3 Å². The second-order valence-corrected chi connectivity index (χ2v) is 3.11. The summed E-state index contributed by atoms with van der Waals surface area (Å²) in [4.78, 5) is 11.1. The third-order valence-corrected chi connectivity index (χ3v) is 2.01. The molecule has 1 aromatic heterocycles. The molecule has 6 heteroatoms. The quantitative estimate of drug-likeness (QED) is 0.657. The Balaban J connectivity index is 2.61. The van der Waals surface area contributed by atoms with Crippen LogP contribution in [0, 0.1) is 0 Å². The number of ether oxygens (including phenoxy) is 1. The molecule has 0 bridgehead atoms. The summed E-state index contributed by atoms with van der Waals surface area (Å²) >= 11 is 0. The minimum Gasteiger partial charge on any atom is -0.493 e. The molecule has 0 radical (unpaired) electrons. The maximum absolute atomic E-state index is 11.1. The zero-order valence-electron chi connectivity index (χ0n) is 8.93. The van der Waals surface area contributed by atoms with Crippen molar-refractivity contribution in [2.24, 2.45) is 5.73 Å². The molecule has 0 fully saturated rings. The van der Waals surface area contributed by atoms with Crippen LogP contribution in [0.15, 0.2) is 12.4 Å². The second kappa shape index (κ2) is 5.35. The van der Waals surface area contributed by atoms with Gasteiger partial charge in [-0.3, -0.25) is 9.48 Å². The van der Waals surface area contributed by atoms with Crippen LogP contribution >= 0.6 is 0 Å². The molecule has 1 heterocycles. The van der Waals surface area contributed by atoms with Crippen molar-refractivity contribution in [1.82, 2.24) is 15.1 Å². The van der Waals surface area contributed by atoms with Crippen LogP contribution in [0.25, 0.3) is 0 Å². The lowest BCUT2D eigenvalue weighted by molar-refractivity contribution is -0.120. The van der Waals surface area contributed by atoms with Gasteiger partial charge in [0, 0.05) is 0 Å². The van der Waals surface area contributed by atoms with E-state index in [0.29, 0.717) is 18.8 Å². The smallest absolute Gasteiger partial charge is 0.236 e. The molecule has 1 rings (SSSR count). The normalized spacial score (nSPS) is 12.4. The maximum Gasteiger partial charge on any atom is 0.236 e.